The van der Waals surface area contributed by atoms with Crippen molar-refractivity contribution in [1.29, 1.82) is 0 Å². The first-order valence-electron chi connectivity index (χ1n) is 5.47. The van der Waals surface area contributed by atoms with Crippen molar-refractivity contribution in [2.45, 2.75) is 17.2 Å². The molecule has 1 aromatic rings. The lowest BCUT2D eigenvalue weighted by Gasteiger charge is -2.23. The maximum Gasteiger partial charge on any atom is 0.151 e. The summed E-state index contributed by atoms with van der Waals surface area (Å²) in [5, 5.41) is 0. The van der Waals surface area contributed by atoms with E-state index in [9.17, 15) is 0 Å². The van der Waals surface area contributed by atoms with Crippen LogP contribution in [0.5, 0.6) is 0 Å². The molecule has 2 nitrogen and oxygen atoms in total. The zero-order valence-corrected chi connectivity index (χ0v) is 12.5. The Bertz CT molecular complexity index is 425. The van der Waals surface area contributed by atoms with Gasteiger partial charge in [0.1, 0.15) is 0 Å². The fourth-order valence-corrected chi connectivity index (χ4v) is 4.64. The molecule has 2 heterocycles. The highest BCUT2D eigenvalue weighted by Crippen LogP contribution is 2.51. The minimum Gasteiger partial charge on any atom is -0.344 e. The molecular formula is C12H15IN2S. The molecule has 2 atom stereocenters. The molecule has 0 saturated carbocycles. The van der Waals surface area contributed by atoms with Crippen molar-refractivity contribution < 1.29 is 0 Å². The first kappa shape index (κ1) is 11.0. The van der Waals surface area contributed by atoms with Gasteiger partial charge in [-0.1, -0.05) is 34.7 Å². The molecule has 1 saturated heterocycles. The first-order chi connectivity index (χ1) is 7.64. The predicted molar refractivity (Wildman–Crippen MR) is 80.9 cm³/mol. The van der Waals surface area contributed by atoms with Gasteiger partial charge >= 0.3 is 0 Å². The summed E-state index contributed by atoms with van der Waals surface area (Å²) in [6, 6.07) is 8.72. The number of anilines is 2. The smallest absolute Gasteiger partial charge is 0.151 e. The monoisotopic (exact) mass is 346 g/mol. The Morgan fingerprint density at radius 1 is 1.44 bits per heavy atom. The van der Waals surface area contributed by atoms with E-state index in [0.717, 1.165) is 6.54 Å². The van der Waals surface area contributed by atoms with Crippen LogP contribution in [0.3, 0.4) is 0 Å². The fourth-order valence-electron chi connectivity index (χ4n) is 2.48. The second-order valence-electron chi connectivity index (χ2n) is 4.76. The molecule has 0 amide bonds. The van der Waals surface area contributed by atoms with Crippen LogP contribution in [-0.2, 0) is 0 Å². The minimum absolute atomic E-state index is 0.396. The van der Waals surface area contributed by atoms with Gasteiger partial charge in [-0.3, -0.25) is 0 Å². The van der Waals surface area contributed by atoms with E-state index in [2.05, 4.69) is 82.4 Å². The van der Waals surface area contributed by atoms with Crippen LogP contribution in [-0.4, -0.2) is 28.3 Å². The quantitative estimate of drug-likeness (QED) is 0.570. The molecule has 2 aliphatic rings. The van der Waals surface area contributed by atoms with Crippen molar-refractivity contribution in [3.63, 3.8) is 0 Å². The van der Waals surface area contributed by atoms with Crippen LogP contribution < -0.4 is 9.80 Å². The van der Waals surface area contributed by atoms with Crippen LogP contribution in [0.2, 0.25) is 0 Å². The van der Waals surface area contributed by atoms with Crippen molar-refractivity contribution in [3.8, 4) is 0 Å². The van der Waals surface area contributed by atoms with Crippen LogP contribution in [0.25, 0.3) is 0 Å². The van der Waals surface area contributed by atoms with Gasteiger partial charge in [0.25, 0.3) is 0 Å². The Balaban J connectivity index is 2.00. The van der Waals surface area contributed by atoms with Crippen LogP contribution >= 0.6 is 34.4 Å². The fraction of sp³-hybridized carbons (Fsp3) is 0.500. The van der Waals surface area contributed by atoms with Crippen molar-refractivity contribution in [2.24, 2.45) is 0 Å². The molecule has 1 aromatic carbocycles. The number of benzene rings is 1. The van der Waals surface area contributed by atoms with E-state index in [4.69, 9.17) is 0 Å². The molecular weight excluding hydrogens is 331 g/mol. The number of hydrogen-bond acceptors (Lipinski definition) is 3. The van der Waals surface area contributed by atoms with Crippen LogP contribution in [0.4, 0.5) is 11.4 Å². The summed E-state index contributed by atoms with van der Waals surface area (Å²) in [5.41, 5.74) is 3.27. The molecule has 3 rings (SSSR count). The number of alkyl halides is 1. The maximum atomic E-state index is 2.54. The molecule has 0 bridgehead atoms. The van der Waals surface area contributed by atoms with Crippen LogP contribution in [0.15, 0.2) is 24.3 Å². The highest BCUT2D eigenvalue weighted by molar-refractivity contribution is 14.1. The van der Waals surface area contributed by atoms with Crippen molar-refractivity contribution >= 4 is 45.7 Å². The van der Waals surface area contributed by atoms with Crippen LogP contribution in [0.1, 0.15) is 6.92 Å². The number of rotatable bonds is 1. The van der Waals surface area contributed by atoms with E-state index in [-0.39, 0.29) is 0 Å². The molecule has 0 N–H and O–H groups in total. The maximum absolute atomic E-state index is 2.54. The van der Waals surface area contributed by atoms with Gasteiger partial charge in [-0.05, 0) is 19.1 Å². The molecule has 16 heavy (non-hydrogen) atoms. The molecule has 0 unspecified atom stereocenters. The molecule has 1 fully saturated rings. The van der Waals surface area contributed by atoms with Crippen LogP contribution in [0, 0.1) is 0 Å². The van der Waals surface area contributed by atoms with Gasteiger partial charge < -0.3 is 9.80 Å². The lowest BCUT2D eigenvalue weighted by atomic mass is 10.2. The second-order valence-corrected chi connectivity index (χ2v) is 7.16. The van der Waals surface area contributed by atoms with E-state index in [1.165, 1.54) is 15.8 Å². The Morgan fingerprint density at radius 3 is 2.81 bits per heavy atom. The summed E-state index contributed by atoms with van der Waals surface area (Å²) >= 11 is 4.60. The number of fused-ring (bicyclic) bond motifs is 3. The van der Waals surface area contributed by atoms with Crippen molar-refractivity contribution in [3.05, 3.63) is 24.3 Å². The van der Waals surface area contributed by atoms with Gasteiger partial charge in [0.15, 0.2) is 5.50 Å². The molecule has 0 radical (unpaired) electrons. The van der Waals surface area contributed by atoms with E-state index >= 15 is 0 Å². The second kappa shape index (κ2) is 3.70. The SMILES string of the molecule is CN1c2ccccc2N2C[C@](C)(CI)S[C@@H]12. The number of thioether (sulfide) groups is 1. The average molecular weight is 346 g/mol. The van der Waals surface area contributed by atoms with Gasteiger partial charge in [0.2, 0.25) is 0 Å². The zero-order chi connectivity index (χ0) is 11.3. The normalized spacial score (nSPS) is 31.8. The topological polar surface area (TPSA) is 6.48 Å². The van der Waals surface area contributed by atoms with E-state index in [0.29, 0.717) is 10.2 Å². The van der Waals surface area contributed by atoms with E-state index in [1.54, 1.807) is 0 Å². The number of hydrogen-bond donors (Lipinski definition) is 0. The van der Waals surface area contributed by atoms with E-state index < -0.39 is 0 Å². The summed E-state index contributed by atoms with van der Waals surface area (Å²) in [5.74, 6) is 0. The zero-order valence-electron chi connectivity index (χ0n) is 9.48. The van der Waals surface area contributed by atoms with Gasteiger partial charge in [0, 0.05) is 22.8 Å². The molecule has 0 spiro atoms. The largest absolute Gasteiger partial charge is 0.344 e. The van der Waals surface area contributed by atoms with Gasteiger partial charge in [-0.15, -0.1) is 11.8 Å². The Morgan fingerprint density at radius 2 is 2.12 bits per heavy atom. The van der Waals surface area contributed by atoms with Gasteiger partial charge in [-0.2, -0.15) is 0 Å². The van der Waals surface area contributed by atoms with Crippen molar-refractivity contribution in [1.82, 2.24) is 0 Å². The molecule has 2 aliphatic heterocycles. The van der Waals surface area contributed by atoms with E-state index in [1.807, 2.05) is 0 Å². The third kappa shape index (κ3) is 1.45. The Kier molecular flexibility index (Phi) is 2.55. The molecule has 4 heteroatoms. The van der Waals surface area contributed by atoms with Gasteiger partial charge in [0.05, 0.1) is 11.4 Å². The lowest BCUT2D eigenvalue weighted by molar-refractivity contribution is 0.717. The first-order valence-corrected chi connectivity index (χ1v) is 7.87. The number of para-hydroxylation sites is 2. The minimum atomic E-state index is 0.396. The molecule has 86 valence electrons. The number of halogens is 1. The summed E-state index contributed by atoms with van der Waals surface area (Å²) < 4.78 is 1.60. The summed E-state index contributed by atoms with van der Waals surface area (Å²) in [6.07, 6.45) is 0. The summed E-state index contributed by atoms with van der Waals surface area (Å²) in [7, 11) is 2.20. The highest BCUT2D eigenvalue weighted by atomic mass is 127. The lowest BCUT2D eigenvalue weighted by Crippen LogP contribution is -2.34. The third-order valence-electron chi connectivity index (χ3n) is 3.35. The average Bonchev–Trinajstić information content (AvgIpc) is 2.77. The Labute approximate surface area is 115 Å². The predicted octanol–water partition coefficient (Wildman–Crippen LogP) is 3.17. The van der Waals surface area contributed by atoms with Gasteiger partial charge in [-0.25, -0.2) is 0 Å². The molecule has 0 aliphatic carbocycles. The summed E-state index contributed by atoms with van der Waals surface area (Å²) in [6.45, 7) is 3.53. The standard InChI is InChI=1S/C12H15IN2S/c1-12(7-13)8-15-10-6-4-3-5-9(10)14(2)11(15)16-12/h3-6,11H,7-8H2,1-2H3/t11-,12-/m0/s1. The Hall–Kier alpha value is -0.100. The number of nitrogens with zero attached hydrogens (tertiary/aromatic N) is 2. The summed E-state index contributed by atoms with van der Waals surface area (Å²) in [4.78, 5) is 4.94. The third-order valence-corrected chi connectivity index (χ3v) is 7.17. The highest BCUT2D eigenvalue weighted by Gasteiger charge is 2.47. The molecule has 0 aromatic heterocycles. The van der Waals surface area contributed by atoms with Crippen molar-refractivity contribution in [2.75, 3.05) is 27.8 Å².